The molecular formula is C20H21N5O2. The average molecular weight is 363 g/mol. The van der Waals surface area contributed by atoms with Gasteiger partial charge in [0.15, 0.2) is 0 Å². The Kier molecular flexibility index (Phi) is 4.68. The van der Waals surface area contributed by atoms with Crippen molar-refractivity contribution in [1.29, 1.82) is 0 Å². The van der Waals surface area contributed by atoms with Crippen LogP contribution in [0, 0.1) is 0 Å². The summed E-state index contributed by atoms with van der Waals surface area (Å²) in [6.07, 6.45) is 4.07. The SMILES string of the molecule is CN(Cc1nc(-c2ccncc2)no1)C(=O)[C@H]1Cc2ccccc2CN1C. The lowest BCUT2D eigenvalue weighted by molar-refractivity contribution is -0.136. The molecule has 4 rings (SSSR count). The van der Waals surface area contributed by atoms with E-state index in [-0.39, 0.29) is 18.5 Å². The predicted octanol–water partition coefficient (Wildman–Crippen LogP) is 2.15. The molecule has 1 atom stereocenters. The zero-order valence-electron chi connectivity index (χ0n) is 15.4. The number of pyridine rings is 1. The zero-order chi connectivity index (χ0) is 18.8. The second kappa shape index (κ2) is 7.28. The van der Waals surface area contributed by atoms with E-state index in [0.29, 0.717) is 18.1 Å². The number of rotatable bonds is 4. The highest BCUT2D eigenvalue weighted by Crippen LogP contribution is 2.23. The topological polar surface area (TPSA) is 75.4 Å². The van der Waals surface area contributed by atoms with Crippen LogP contribution in [0.1, 0.15) is 17.0 Å². The largest absolute Gasteiger partial charge is 0.337 e. The van der Waals surface area contributed by atoms with Gasteiger partial charge in [0.2, 0.25) is 17.6 Å². The van der Waals surface area contributed by atoms with Crippen molar-refractivity contribution in [3.63, 3.8) is 0 Å². The number of benzene rings is 1. The lowest BCUT2D eigenvalue weighted by Crippen LogP contribution is -2.48. The van der Waals surface area contributed by atoms with Crippen molar-refractivity contribution in [1.82, 2.24) is 24.9 Å². The monoisotopic (exact) mass is 363 g/mol. The molecule has 1 amide bonds. The molecule has 0 N–H and O–H groups in total. The van der Waals surface area contributed by atoms with Crippen LogP contribution >= 0.6 is 0 Å². The molecule has 1 aliphatic rings. The third kappa shape index (κ3) is 3.59. The minimum absolute atomic E-state index is 0.0515. The molecule has 0 fully saturated rings. The van der Waals surface area contributed by atoms with Gasteiger partial charge in [0.05, 0.1) is 12.6 Å². The summed E-state index contributed by atoms with van der Waals surface area (Å²) in [5, 5.41) is 3.99. The van der Waals surface area contributed by atoms with Crippen molar-refractivity contribution < 1.29 is 9.32 Å². The quantitative estimate of drug-likeness (QED) is 0.707. The number of aromatic nitrogens is 3. The van der Waals surface area contributed by atoms with Crippen LogP contribution in [0.25, 0.3) is 11.4 Å². The second-order valence-electron chi connectivity index (χ2n) is 6.85. The first-order chi connectivity index (χ1) is 13.1. The van der Waals surface area contributed by atoms with Crippen molar-refractivity contribution in [3.05, 3.63) is 65.8 Å². The van der Waals surface area contributed by atoms with E-state index in [2.05, 4.69) is 32.2 Å². The number of fused-ring (bicyclic) bond motifs is 1. The molecular weight excluding hydrogens is 342 g/mol. The van der Waals surface area contributed by atoms with Gasteiger partial charge in [-0.05, 0) is 36.7 Å². The molecule has 0 spiro atoms. The fourth-order valence-electron chi connectivity index (χ4n) is 3.40. The highest BCUT2D eigenvalue weighted by Gasteiger charge is 2.31. The van der Waals surface area contributed by atoms with Gasteiger partial charge >= 0.3 is 0 Å². The second-order valence-corrected chi connectivity index (χ2v) is 6.85. The molecule has 7 nitrogen and oxygen atoms in total. The number of likely N-dealkylation sites (N-methyl/N-ethyl adjacent to an activating group) is 2. The third-order valence-corrected chi connectivity index (χ3v) is 4.92. The molecule has 0 unspecified atom stereocenters. The zero-order valence-corrected chi connectivity index (χ0v) is 15.4. The van der Waals surface area contributed by atoms with Gasteiger partial charge in [0.25, 0.3) is 0 Å². The van der Waals surface area contributed by atoms with Crippen molar-refractivity contribution in [3.8, 4) is 11.4 Å². The highest BCUT2D eigenvalue weighted by atomic mass is 16.5. The number of carbonyl (C=O) groups is 1. The summed E-state index contributed by atoms with van der Waals surface area (Å²) in [7, 11) is 3.76. The van der Waals surface area contributed by atoms with Crippen molar-refractivity contribution in [2.45, 2.75) is 25.6 Å². The summed E-state index contributed by atoms with van der Waals surface area (Å²) in [5.41, 5.74) is 3.35. The van der Waals surface area contributed by atoms with Gasteiger partial charge in [0, 0.05) is 31.5 Å². The maximum atomic E-state index is 13.0. The highest BCUT2D eigenvalue weighted by molar-refractivity contribution is 5.82. The van der Waals surface area contributed by atoms with E-state index in [1.54, 1.807) is 24.3 Å². The molecule has 1 aromatic carbocycles. The number of carbonyl (C=O) groups excluding carboxylic acids is 1. The standard InChI is InChI=1S/C20H21N5O2/c1-24-12-16-6-4-3-5-15(16)11-17(24)20(26)25(2)13-18-22-19(23-27-18)14-7-9-21-10-8-14/h3-10,17H,11-13H2,1-2H3/t17-/m1/s1. The fraction of sp³-hybridized carbons (Fsp3) is 0.300. The van der Waals surface area contributed by atoms with Crippen LogP contribution in [0.3, 0.4) is 0 Å². The van der Waals surface area contributed by atoms with Gasteiger partial charge in [-0.1, -0.05) is 29.4 Å². The molecule has 0 saturated heterocycles. The Bertz CT molecular complexity index is 940. The average Bonchev–Trinajstić information content (AvgIpc) is 3.16. The maximum Gasteiger partial charge on any atom is 0.246 e. The Hall–Kier alpha value is -3.06. The van der Waals surface area contributed by atoms with E-state index in [4.69, 9.17) is 4.52 Å². The molecule has 0 bridgehead atoms. The molecule has 0 radical (unpaired) electrons. The van der Waals surface area contributed by atoms with E-state index >= 15 is 0 Å². The Morgan fingerprint density at radius 1 is 1.22 bits per heavy atom. The van der Waals surface area contributed by atoms with Gasteiger partial charge in [-0.3, -0.25) is 14.7 Å². The Morgan fingerprint density at radius 3 is 2.74 bits per heavy atom. The van der Waals surface area contributed by atoms with Gasteiger partial charge in [0.1, 0.15) is 0 Å². The van der Waals surface area contributed by atoms with E-state index in [0.717, 1.165) is 12.1 Å². The maximum absolute atomic E-state index is 13.0. The molecule has 1 aliphatic heterocycles. The minimum atomic E-state index is -0.188. The lowest BCUT2D eigenvalue weighted by Gasteiger charge is -2.35. The Balaban J connectivity index is 1.45. The number of nitrogens with zero attached hydrogens (tertiary/aromatic N) is 5. The summed E-state index contributed by atoms with van der Waals surface area (Å²) < 4.78 is 5.32. The van der Waals surface area contributed by atoms with Crippen LogP contribution in [0.5, 0.6) is 0 Å². The molecule has 2 aromatic heterocycles. The third-order valence-electron chi connectivity index (χ3n) is 4.92. The number of hydrogen-bond donors (Lipinski definition) is 0. The molecule has 3 heterocycles. The van der Waals surface area contributed by atoms with E-state index in [9.17, 15) is 4.79 Å². The first-order valence-electron chi connectivity index (χ1n) is 8.87. The Labute approximate surface area is 157 Å². The molecule has 3 aromatic rings. The summed E-state index contributed by atoms with van der Waals surface area (Å²) in [6, 6.07) is 11.7. The van der Waals surface area contributed by atoms with Crippen LogP contribution in [-0.4, -0.2) is 51.0 Å². The van der Waals surface area contributed by atoms with Gasteiger partial charge in [-0.2, -0.15) is 4.98 Å². The van der Waals surface area contributed by atoms with Gasteiger partial charge < -0.3 is 9.42 Å². The predicted molar refractivity (Wildman–Crippen MR) is 99.4 cm³/mol. The summed E-state index contributed by atoms with van der Waals surface area (Å²) in [6.45, 7) is 1.05. The van der Waals surface area contributed by atoms with Gasteiger partial charge in [-0.25, -0.2) is 0 Å². The van der Waals surface area contributed by atoms with Crippen LogP contribution in [-0.2, 0) is 24.3 Å². The fourth-order valence-corrected chi connectivity index (χ4v) is 3.40. The van der Waals surface area contributed by atoms with Crippen LogP contribution in [0.15, 0.2) is 53.3 Å². The van der Waals surface area contributed by atoms with Crippen LogP contribution < -0.4 is 0 Å². The molecule has 27 heavy (non-hydrogen) atoms. The first-order valence-corrected chi connectivity index (χ1v) is 8.87. The summed E-state index contributed by atoms with van der Waals surface area (Å²) >= 11 is 0. The van der Waals surface area contributed by atoms with Crippen molar-refractivity contribution in [2.24, 2.45) is 0 Å². The van der Waals surface area contributed by atoms with Crippen molar-refractivity contribution in [2.75, 3.05) is 14.1 Å². The summed E-state index contributed by atoms with van der Waals surface area (Å²) in [4.78, 5) is 25.1. The smallest absolute Gasteiger partial charge is 0.246 e. The molecule has 0 saturated carbocycles. The molecule has 7 heteroatoms. The molecule has 138 valence electrons. The first kappa shape index (κ1) is 17.4. The van der Waals surface area contributed by atoms with Gasteiger partial charge in [-0.15, -0.1) is 0 Å². The van der Waals surface area contributed by atoms with E-state index < -0.39 is 0 Å². The number of amides is 1. The van der Waals surface area contributed by atoms with E-state index in [1.807, 2.05) is 31.3 Å². The van der Waals surface area contributed by atoms with Crippen LogP contribution in [0.4, 0.5) is 0 Å². The Morgan fingerprint density at radius 2 is 1.96 bits per heavy atom. The lowest BCUT2D eigenvalue weighted by atomic mass is 9.94. The summed E-state index contributed by atoms with van der Waals surface area (Å²) in [5.74, 6) is 0.962. The van der Waals surface area contributed by atoms with Crippen molar-refractivity contribution >= 4 is 5.91 Å². The normalized spacial score (nSPS) is 16.7. The number of hydrogen-bond acceptors (Lipinski definition) is 6. The van der Waals surface area contributed by atoms with E-state index in [1.165, 1.54) is 11.1 Å². The molecule has 0 aliphatic carbocycles. The minimum Gasteiger partial charge on any atom is -0.337 e. The van der Waals surface area contributed by atoms with Crippen LogP contribution in [0.2, 0.25) is 0 Å².